The lowest BCUT2D eigenvalue weighted by Gasteiger charge is -2.31. The van der Waals surface area contributed by atoms with E-state index in [1.165, 1.54) is 0 Å². The Morgan fingerprint density at radius 3 is 2.69 bits per heavy atom. The topological polar surface area (TPSA) is 96.2 Å². The van der Waals surface area contributed by atoms with Crippen molar-refractivity contribution < 1.29 is 18.1 Å². The Labute approximate surface area is 212 Å². The summed E-state index contributed by atoms with van der Waals surface area (Å²) in [6, 6.07) is 8.69. The summed E-state index contributed by atoms with van der Waals surface area (Å²) in [4.78, 5) is 24.6. The zero-order valence-corrected chi connectivity index (χ0v) is 21.1. The summed E-state index contributed by atoms with van der Waals surface area (Å²) < 4.78 is 28.8. The van der Waals surface area contributed by atoms with Gasteiger partial charge in [0.1, 0.15) is 4.90 Å². The zero-order chi connectivity index (χ0) is 25.5. The van der Waals surface area contributed by atoms with Crippen molar-refractivity contribution in [1.82, 2.24) is 14.6 Å². The molecule has 2 aromatic rings. The maximum absolute atomic E-state index is 13.1. The van der Waals surface area contributed by atoms with Crippen molar-refractivity contribution in [2.45, 2.75) is 17.7 Å². The number of hydrogen-bond donors (Lipinski definition) is 2. The Balaban J connectivity index is 1.37. The maximum atomic E-state index is 13.1. The number of carbonyl (C=O) groups is 1. The Hall–Kier alpha value is -3.58. The van der Waals surface area contributed by atoms with Crippen LogP contribution in [0.1, 0.15) is 12.8 Å². The number of amides is 1. The van der Waals surface area contributed by atoms with Crippen LogP contribution in [0.5, 0.6) is 0 Å². The van der Waals surface area contributed by atoms with Gasteiger partial charge in [-0.2, -0.15) is 0 Å². The van der Waals surface area contributed by atoms with E-state index in [9.17, 15) is 13.2 Å². The standard InChI is InChI=1S/C27H29N5O3S/c1-3-21(13-15-28-2)20-31-16-18-32(19-17-31)27(33)23-9-11-24(12-10-23)30-36(34,35)25-8-4-6-22-7-5-14-29-26(22)25/h1,4-9,11,13-15,30H,10,12,16-20H2,2H3/p+1. The second kappa shape index (κ2) is 11.4. The molecule has 1 saturated heterocycles. The van der Waals surface area contributed by atoms with Crippen LogP contribution >= 0.6 is 0 Å². The van der Waals surface area contributed by atoms with Gasteiger partial charge >= 0.3 is 5.91 Å². The van der Waals surface area contributed by atoms with Gasteiger partial charge in [-0.1, -0.05) is 24.1 Å². The number of piperazine rings is 1. The molecule has 0 unspecified atom stereocenters. The number of aliphatic imine (C=N–C) groups is 1. The first-order chi connectivity index (χ1) is 17.4. The highest BCUT2D eigenvalue weighted by Gasteiger charge is 2.30. The van der Waals surface area contributed by atoms with Crippen LogP contribution in [-0.4, -0.2) is 70.2 Å². The third kappa shape index (κ3) is 5.97. The summed E-state index contributed by atoms with van der Waals surface area (Å²) in [6.45, 7) is 3.62. The Morgan fingerprint density at radius 2 is 2.00 bits per heavy atom. The van der Waals surface area contributed by atoms with Crippen LogP contribution in [0.25, 0.3) is 10.9 Å². The van der Waals surface area contributed by atoms with Crippen molar-refractivity contribution >= 4 is 33.0 Å². The molecule has 0 saturated carbocycles. The van der Waals surface area contributed by atoms with Crippen LogP contribution in [-0.2, 0) is 14.8 Å². The predicted molar refractivity (Wildman–Crippen MR) is 141 cm³/mol. The number of allylic oxidation sites excluding steroid dienone is 4. The Bertz CT molecular complexity index is 1400. The number of rotatable bonds is 7. The summed E-state index contributed by atoms with van der Waals surface area (Å²) in [5.74, 6) is 2.78. The van der Waals surface area contributed by atoms with Gasteiger partial charge in [-0.25, -0.2) is 13.2 Å². The van der Waals surface area contributed by atoms with Gasteiger partial charge in [0.15, 0.2) is 0 Å². The molecule has 0 spiro atoms. The number of sulfonamides is 1. The normalized spacial score (nSPS) is 18.1. The van der Waals surface area contributed by atoms with Crippen molar-refractivity contribution in [3.05, 3.63) is 71.6 Å². The number of nitrogens with one attached hydrogen (secondary N) is 2. The number of pyridine rings is 1. The van der Waals surface area contributed by atoms with Gasteiger partial charge in [-0.15, -0.1) is 6.42 Å². The molecule has 1 aliphatic heterocycles. The summed E-state index contributed by atoms with van der Waals surface area (Å²) in [6.07, 6.45) is 15.1. The monoisotopic (exact) mass is 504 g/mol. The van der Waals surface area contributed by atoms with E-state index < -0.39 is 10.0 Å². The highest BCUT2D eigenvalue weighted by Crippen LogP contribution is 2.23. The quantitative estimate of drug-likeness (QED) is 0.435. The van der Waals surface area contributed by atoms with Crippen molar-refractivity contribution in [1.29, 1.82) is 0 Å². The van der Waals surface area contributed by atoms with Gasteiger partial charge in [0, 0.05) is 55.7 Å². The van der Waals surface area contributed by atoms with Crippen LogP contribution in [0, 0.1) is 12.3 Å². The van der Waals surface area contributed by atoms with E-state index in [0.29, 0.717) is 43.7 Å². The van der Waals surface area contributed by atoms with E-state index in [4.69, 9.17) is 6.42 Å². The van der Waals surface area contributed by atoms with Gasteiger partial charge in [-0.3, -0.25) is 24.5 Å². The lowest BCUT2D eigenvalue weighted by atomic mass is 10.0. The first-order valence-electron chi connectivity index (χ1n) is 11.9. The van der Waals surface area contributed by atoms with E-state index in [-0.39, 0.29) is 10.8 Å². The molecule has 8 nitrogen and oxygen atoms in total. The second-order valence-electron chi connectivity index (χ2n) is 8.77. The number of benzene rings is 1. The highest BCUT2D eigenvalue weighted by atomic mass is 32.2. The number of carbonyl (C=O) groups excluding carboxylic acids is 1. The summed E-state index contributed by atoms with van der Waals surface area (Å²) in [5, 5.41) is 0.759. The van der Waals surface area contributed by atoms with Gasteiger partial charge < -0.3 is 0 Å². The van der Waals surface area contributed by atoms with Crippen molar-refractivity contribution in [2.75, 3.05) is 39.8 Å². The van der Waals surface area contributed by atoms with Crippen molar-refractivity contribution in [3.8, 4) is 12.3 Å². The zero-order valence-electron chi connectivity index (χ0n) is 20.3. The summed E-state index contributed by atoms with van der Waals surface area (Å²) in [5.41, 5.74) is 2.58. The molecule has 2 aliphatic rings. The molecule has 0 bridgehead atoms. The average molecular weight is 505 g/mol. The molecule has 4 rings (SSSR count). The summed E-state index contributed by atoms with van der Waals surface area (Å²) in [7, 11) is -2.10. The summed E-state index contributed by atoms with van der Waals surface area (Å²) >= 11 is 0. The van der Waals surface area contributed by atoms with Crippen LogP contribution in [0.2, 0.25) is 0 Å². The van der Waals surface area contributed by atoms with Crippen LogP contribution < -0.4 is 9.62 Å². The SMILES string of the molecule is C#CC(=CC=NC)CN1CC[NH+](C(=O)C2=CC=C(NS(=O)(=O)c3cccc4cccnc34)CC2)CC1. The molecule has 9 heteroatoms. The maximum Gasteiger partial charge on any atom is 0.340 e. The fraction of sp³-hybridized carbons (Fsp3) is 0.296. The average Bonchev–Trinajstić information content (AvgIpc) is 2.91. The van der Waals surface area contributed by atoms with Crippen LogP contribution in [0.4, 0.5) is 0 Å². The number of para-hydroxylation sites is 1. The molecule has 2 N–H and O–H groups in total. The van der Waals surface area contributed by atoms with Gasteiger partial charge in [0.25, 0.3) is 10.0 Å². The smallest absolute Gasteiger partial charge is 0.296 e. The van der Waals surface area contributed by atoms with Crippen molar-refractivity contribution in [2.24, 2.45) is 4.99 Å². The number of aromatic nitrogens is 1. The molecule has 2 heterocycles. The molecule has 186 valence electrons. The molecule has 1 aliphatic carbocycles. The predicted octanol–water partition coefficient (Wildman–Crippen LogP) is 1.10. The third-order valence-corrected chi connectivity index (χ3v) is 7.82. The van der Waals surface area contributed by atoms with Gasteiger partial charge in [-0.05, 0) is 43.2 Å². The number of quaternary nitrogens is 1. The number of terminal acetylenes is 1. The Morgan fingerprint density at radius 1 is 1.22 bits per heavy atom. The molecule has 0 atom stereocenters. The van der Waals surface area contributed by atoms with E-state index in [1.807, 2.05) is 18.2 Å². The fourth-order valence-corrected chi connectivity index (χ4v) is 5.73. The lowest BCUT2D eigenvalue weighted by molar-refractivity contribution is -0.823. The lowest BCUT2D eigenvalue weighted by Crippen LogP contribution is -3.17. The van der Waals surface area contributed by atoms with E-state index in [0.717, 1.165) is 34.5 Å². The third-order valence-electron chi connectivity index (χ3n) is 6.38. The molecular weight excluding hydrogens is 474 g/mol. The van der Waals surface area contributed by atoms with Crippen LogP contribution in [0.15, 0.2) is 81.5 Å². The van der Waals surface area contributed by atoms with Crippen LogP contribution in [0.3, 0.4) is 0 Å². The number of hydrogen-bond acceptors (Lipinski definition) is 6. The van der Waals surface area contributed by atoms with Gasteiger partial charge in [0.2, 0.25) is 0 Å². The van der Waals surface area contributed by atoms with E-state index >= 15 is 0 Å². The highest BCUT2D eigenvalue weighted by molar-refractivity contribution is 7.89. The van der Waals surface area contributed by atoms with E-state index in [1.54, 1.807) is 49.8 Å². The molecular formula is C27H30N5O3S+. The fourth-order valence-electron chi connectivity index (χ4n) is 4.42. The first kappa shape index (κ1) is 25.5. The minimum atomic E-state index is -3.80. The molecule has 0 radical (unpaired) electrons. The minimum absolute atomic E-state index is 0.0805. The number of nitrogens with zero attached hydrogens (tertiary/aromatic N) is 3. The van der Waals surface area contributed by atoms with Crippen molar-refractivity contribution in [3.63, 3.8) is 0 Å². The molecule has 1 aromatic heterocycles. The minimum Gasteiger partial charge on any atom is -0.296 e. The Kier molecular flexibility index (Phi) is 8.10. The molecule has 1 aromatic carbocycles. The molecule has 1 amide bonds. The number of fused-ring (bicyclic) bond motifs is 1. The largest absolute Gasteiger partial charge is 0.340 e. The van der Waals surface area contributed by atoms with E-state index in [2.05, 4.69) is 25.5 Å². The second-order valence-corrected chi connectivity index (χ2v) is 10.4. The van der Waals surface area contributed by atoms with Gasteiger partial charge in [0.05, 0.1) is 24.2 Å². The first-order valence-corrected chi connectivity index (χ1v) is 13.4. The molecule has 1 fully saturated rings. The molecule has 36 heavy (non-hydrogen) atoms.